The van der Waals surface area contributed by atoms with E-state index in [0.717, 1.165) is 12.1 Å². The minimum Gasteiger partial charge on any atom is -0.355 e. The van der Waals surface area contributed by atoms with Gasteiger partial charge in [-0.3, -0.25) is 9.59 Å². The summed E-state index contributed by atoms with van der Waals surface area (Å²) in [4.78, 5) is 27.7. The molecule has 0 saturated heterocycles. The van der Waals surface area contributed by atoms with Crippen LogP contribution in [0.3, 0.4) is 0 Å². The number of hydrogen-bond donors (Lipinski definition) is 2. The molecule has 1 aromatic carbocycles. The summed E-state index contributed by atoms with van der Waals surface area (Å²) in [6, 6.07) is 12.6. The van der Waals surface area contributed by atoms with Crippen molar-refractivity contribution in [3.8, 4) is 0 Å². The van der Waals surface area contributed by atoms with Crippen LogP contribution in [0.1, 0.15) is 43.8 Å². The van der Waals surface area contributed by atoms with Crippen LogP contribution in [-0.4, -0.2) is 33.9 Å². The number of ketones is 2. The molecule has 10 heteroatoms. The van der Waals surface area contributed by atoms with Gasteiger partial charge in [-0.2, -0.15) is 26.3 Å². The maximum atomic E-state index is 12.7. The summed E-state index contributed by atoms with van der Waals surface area (Å²) in [7, 11) is 0. The minimum absolute atomic E-state index is 0.136. The lowest BCUT2D eigenvalue weighted by molar-refractivity contribution is -0.0890. The molecule has 0 aliphatic rings. The van der Waals surface area contributed by atoms with Gasteiger partial charge in [0, 0.05) is 11.4 Å². The molecule has 2 heterocycles. The topological polar surface area (TPSA) is 65.7 Å². The lowest BCUT2D eigenvalue weighted by Crippen LogP contribution is -2.23. The van der Waals surface area contributed by atoms with Gasteiger partial charge in [-0.25, -0.2) is 0 Å². The van der Waals surface area contributed by atoms with Crippen molar-refractivity contribution in [2.24, 2.45) is 0 Å². The van der Waals surface area contributed by atoms with E-state index >= 15 is 0 Å². The molecule has 0 saturated carbocycles. The molecule has 4 nitrogen and oxygen atoms in total. The number of nitrogens with one attached hydrogen (secondary N) is 2. The molecule has 0 bridgehead atoms. The Labute approximate surface area is 159 Å². The highest BCUT2D eigenvalue weighted by Gasteiger charge is 2.41. The molecule has 2 aromatic heterocycles. The monoisotopic (exact) mass is 414 g/mol. The van der Waals surface area contributed by atoms with Crippen LogP contribution in [0.25, 0.3) is 0 Å². The second-order valence-electron chi connectivity index (χ2n) is 6.15. The zero-order chi connectivity index (χ0) is 21.4. The number of carbonyl (C=O) groups is 2. The standard InChI is InChI=1S/C19H12F6N2O2/c20-18(21,22)16(28)13-8-6-11(26-13)15(10-4-2-1-3-5-10)12-7-9-14(27-12)17(29)19(23,24)25/h1-9,15,26-27H. The number of rotatable bonds is 5. The van der Waals surface area contributed by atoms with E-state index < -0.39 is 41.2 Å². The van der Waals surface area contributed by atoms with E-state index in [1.807, 2.05) is 0 Å². The van der Waals surface area contributed by atoms with Crippen LogP contribution in [0.15, 0.2) is 54.6 Å². The van der Waals surface area contributed by atoms with Crippen LogP contribution < -0.4 is 0 Å². The average Bonchev–Trinajstić information content (AvgIpc) is 3.30. The number of aromatic amines is 2. The quantitative estimate of drug-likeness (QED) is 0.455. The summed E-state index contributed by atoms with van der Waals surface area (Å²) in [5.74, 6) is -5.01. The van der Waals surface area contributed by atoms with Crippen LogP contribution in [0.5, 0.6) is 0 Å². The van der Waals surface area contributed by atoms with E-state index in [4.69, 9.17) is 0 Å². The Bertz CT molecular complexity index is 967. The molecule has 0 fully saturated rings. The minimum atomic E-state index is -5.08. The average molecular weight is 414 g/mol. The van der Waals surface area contributed by atoms with Crippen LogP contribution >= 0.6 is 0 Å². The molecule has 0 aliphatic carbocycles. The van der Waals surface area contributed by atoms with Gasteiger partial charge in [0.15, 0.2) is 0 Å². The van der Waals surface area contributed by atoms with E-state index in [9.17, 15) is 35.9 Å². The maximum Gasteiger partial charge on any atom is 0.456 e. The third kappa shape index (κ3) is 4.25. The van der Waals surface area contributed by atoms with Crippen molar-refractivity contribution in [2.75, 3.05) is 0 Å². The van der Waals surface area contributed by atoms with Gasteiger partial charge < -0.3 is 9.97 Å². The first kappa shape index (κ1) is 20.4. The normalized spacial score (nSPS) is 12.4. The van der Waals surface area contributed by atoms with E-state index in [2.05, 4.69) is 9.97 Å². The van der Waals surface area contributed by atoms with Gasteiger partial charge in [-0.1, -0.05) is 30.3 Å². The highest BCUT2D eigenvalue weighted by molar-refractivity contribution is 5.99. The van der Waals surface area contributed by atoms with Crippen molar-refractivity contribution < 1.29 is 35.9 Å². The van der Waals surface area contributed by atoms with Crippen LogP contribution in [0.2, 0.25) is 0 Å². The predicted octanol–water partition coefficient (Wildman–Crippen LogP) is 5.01. The lowest BCUT2D eigenvalue weighted by atomic mass is 9.93. The molecular weight excluding hydrogens is 402 g/mol. The van der Waals surface area contributed by atoms with Crippen molar-refractivity contribution in [3.63, 3.8) is 0 Å². The Morgan fingerprint density at radius 1 is 0.655 bits per heavy atom. The lowest BCUT2D eigenvalue weighted by Gasteiger charge is -2.15. The van der Waals surface area contributed by atoms with E-state index in [1.54, 1.807) is 30.3 Å². The van der Waals surface area contributed by atoms with Crippen LogP contribution in [-0.2, 0) is 0 Å². The van der Waals surface area contributed by atoms with Crippen molar-refractivity contribution in [1.82, 2.24) is 9.97 Å². The fourth-order valence-corrected chi connectivity index (χ4v) is 2.90. The number of hydrogen-bond acceptors (Lipinski definition) is 2. The van der Waals surface area contributed by atoms with E-state index in [0.29, 0.717) is 5.56 Å². The number of aromatic nitrogens is 2. The second kappa shape index (κ2) is 7.26. The molecular formula is C19H12F6N2O2. The number of halogens is 6. The highest BCUT2D eigenvalue weighted by atomic mass is 19.4. The highest BCUT2D eigenvalue weighted by Crippen LogP contribution is 2.33. The predicted molar refractivity (Wildman–Crippen MR) is 89.7 cm³/mol. The molecule has 0 radical (unpaired) electrons. The molecule has 0 spiro atoms. The van der Waals surface area contributed by atoms with Crippen molar-refractivity contribution in [3.05, 3.63) is 82.9 Å². The summed E-state index contributed by atoms with van der Waals surface area (Å²) in [5, 5.41) is 0. The number of H-pyrrole nitrogens is 2. The first-order valence-electron chi connectivity index (χ1n) is 8.14. The van der Waals surface area contributed by atoms with E-state index in [1.165, 1.54) is 12.1 Å². The van der Waals surface area contributed by atoms with Crippen molar-refractivity contribution in [2.45, 2.75) is 18.3 Å². The Hall–Kier alpha value is -3.30. The molecule has 0 amide bonds. The summed E-state index contributed by atoms with van der Waals surface area (Å²) in [6.45, 7) is 0. The van der Waals surface area contributed by atoms with Gasteiger partial charge in [-0.05, 0) is 29.8 Å². The summed E-state index contributed by atoms with van der Waals surface area (Å²) in [6.07, 6.45) is -10.2. The number of benzene rings is 1. The summed E-state index contributed by atoms with van der Waals surface area (Å²) >= 11 is 0. The van der Waals surface area contributed by atoms with Gasteiger partial charge in [0.05, 0.1) is 17.3 Å². The maximum absolute atomic E-state index is 12.7. The molecule has 0 atom stereocenters. The Morgan fingerprint density at radius 3 is 1.45 bits per heavy atom. The fourth-order valence-electron chi connectivity index (χ4n) is 2.90. The van der Waals surface area contributed by atoms with E-state index in [-0.39, 0.29) is 11.4 Å². The third-order valence-electron chi connectivity index (χ3n) is 4.18. The molecule has 152 valence electrons. The zero-order valence-corrected chi connectivity index (χ0v) is 14.4. The van der Waals surface area contributed by atoms with Gasteiger partial charge in [-0.15, -0.1) is 0 Å². The van der Waals surface area contributed by atoms with Gasteiger partial charge >= 0.3 is 12.4 Å². The first-order valence-corrected chi connectivity index (χ1v) is 8.14. The second-order valence-corrected chi connectivity index (χ2v) is 6.15. The Morgan fingerprint density at radius 2 is 1.07 bits per heavy atom. The molecule has 3 rings (SSSR count). The number of carbonyl (C=O) groups excluding carboxylic acids is 2. The van der Waals surface area contributed by atoms with Crippen LogP contribution in [0.4, 0.5) is 26.3 Å². The Balaban J connectivity index is 2.05. The molecule has 29 heavy (non-hydrogen) atoms. The summed E-state index contributed by atoms with van der Waals surface area (Å²) < 4.78 is 76.1. The number of alkyl halides is 6. The zero-order valence-electron chi connectivity index (χ0n) is 14.4. The van der Waals surface area contributed by atoms with Crippen molar-refractivity contribution >= 4 is 11.6 Å². The third-order valence-corrected chi connectivity index (χ3v) is 4.18. The summed E-state index contributed by atoms with van der Waals surface area (Å²) in [5.41, 5.74) is -0.611. The fraction of sp³-hybridized carbons (Fsp3) is 0.158. The van der Waals surface area contributed by atoms with Gasteiger partial charge in [0.2, 0.25) is 0 Å². The Kier molecular flexibility index (Phi) is 5.12. The molecule has 2 N–H and O–H groups in total. The molecule has 3 aromatic rings. The smallest absolute Gasteiger partial charge is 0.355 e. The van der Waals surface area contributed by atoms with Crippen LogP contribution in [0, 0.1) is 0 Å². The largest absolute Gasteiger partial charge is 0.456 e. The molecule has 0 unspecified atom stereocenters. The first-order chi connectivity index (χ1) is 13.5. The SMILES string of the molecule is O=C(c1ccc(C(c2ccccc2)c2ccc(C(=O)C(F)(F)F)[nH]2)[nH]1)C(F)(F)F. The van der Waals surface area contributed by atoms with Gasteiger partial charge in [0.25, 0.3) is 11.6 Å². The van der Waals surface area contributed by atoms with Gasteiger partial charge in [0.1, 0.15) is 0 Å². The number of Topliss-reactive ketones (excluding diaryl/α,β-unsaturated/α-hetero) is 2. The molecule has 0 aliphatic heterocycles. The van der Waals surface area contributed by atoms with Crippen molar-refractivity contribution in [1.29, 1.82) is 0 Å².